The number of hydrogen-bond donors (Lipinski definition) is 0. The summed E-state index contributed by atoms with van der Waals surface area (Å²) in [4.78, 5) is 21.8. The summed E-state index contributed by atoms with van der Waals surface area (Å²) in [5, 5.41) is 0.0411. The lowest BCUT2D eigenvalue weighted by Gasteiger charge is -2.28. The van der Waals surface area contributed by atoms with Gasteiger partial charge in [0, 0.05) is 36.2 Å². The molecule has 4 nitrogen and oxygen atoms in total. The third-order valence-electron chi connectivity index (χ3n) is 4.08. The number of aromatic nitrogens is 2. The van der Waals surface area contributed by atoms with Crippen LogP contribution >= 0.6 is 11.6 Å². The van der Waals surface area contributed by atoms with Crippen LogP contribution in [0, 0.1) is 0 Å². The lowest BCUT2D eigenvalue weighted by atomic mass is 10.0. The van der Waals surface area contributed by atoms with Crippen LogP contribution < -0.4 is 4.90 Å². The van der Waals surface area contributed by atoms with Crippen molar-refractivity contribution in [3.05, 3.63) is 52.4 Å². The molecular weight excluding hydrogens is 355 g/mol. The Morgan fingerprint density at radius 1 is 1.24 bits per heavy atom. The van der Waals surface area contributed by atoms with Gasteiger partial charge in [0.05, 0.1) is 12.1 Å². The van der Waals surface area contributed by atoms with E-state index in [-0.39, 0.29) is 23.8 Å². The van der Waals surface area contributed by atoms with Gasteiger partial charge in [0.2, 0.25) is 0 Å². The first-order chi connectivity index (χ1) is 11.8. The second-order valence-electron chi connectivity index (χ2n) is 5.92. The smallest absolute Gasteiger partial charge is 0.349 e. The summed E-state index contributed by atoms with van der Waals surface area (Å²) in [6.07, 6.45) is 0.168. The number of halogens is 4. The number of rotatable bonds is 3. The summed E-state index contributed by atoms with van der Waals surface area (Å²) in [6.45, 7) is 0.987. The Labute approximate surface area is 147 Å². The molecule has 25 heavy (non-hydrogen) atoms. The fraction of sp³-hybridized carbons (Fsp3) is 0.353. The topological polar surface area (TPSA) is 46.1 Å². The molecule has 1 fully saturated rings. The zero-order valence-corrected chi connectivity index (χ0v) is 13.9. The van der Waals surface area contributed by atoms with Gasteiger partial charge >= 0.3 is 6.18 Å². The van der Waals surface area contributed by atoms with Crippen molar-refractivity contribution < 1.29 is 18.0 Å². The molecular formula is C17H15ClF3N3O. The summed E-state index contributed by atoms with van der Waals surface area (Å²) >= 11 is 6.04. The number of ketones is 1. The quantitative estimate of drug-likeness (QED) is 0.823. The van der Waals surface area contributed by atoms with Crippen molar-refractivity contribution in [3.63, 3.8) is 0 Å². The van der Waals surface area contributed by atoms with Crippen molar-refractivity contribution in [2.75, 3.05) is 18.0 Å². The first-order valence-corrected chi connectivity index (χ1v) is 8.13. The Balaban J connectivity index is 1.88. The van der Waals surface area contributed by atoms with Gasteiger partial charge in [-0.25, -0.2) is 9.97 Å². The van der Waals surface area contributed by atoms with Crippen LogP contribution in [0.2, 0.25) is 5.02 Å². The number of carbonyl (C=O) groups is 1. The van der Waals surface area contributed by atoms with Crippen molar-refractivity contribution in [1.29, 1.82) is 0 Å². The minimum absolute atomic E-state index is 0.0411. The number of Topliss-reactive ketones (excluding diaryl/α,β-unsaturated/α-hetero) is 1. The van der Waals surface area contributed by atoms with Crippen molar-refractivity contribution in [2.45, 2.75) is 25.4 Å². The van der Waals surface area contributed by atoms with Crippen molar-refractivity contribution in [2.24, 2.45) is 0 Å². The van der Waals surface area contributed by atoms with E-state index in [1.54, 1.807) is 6.20 Å². The predicted octanol–water partition coefficient (Wildman–Crippen LogP) is 3.91. The Hall–Kier alpha value is -2.15. The summed E-state index contributed by atoms with van der Waals surface area (Å²) in [7, 11) is 0. The average Bonchev–Trinajstić information content (AvgIpc) is 2.56. The molecule has 0 aliphatic carbocycles. The first kappa shape index (κ1) is 17.7. The molecule has 0 radical (unpaired) electrons. The van der Waals surface area contributed by atoms with Crippen LogP contribution in [0.1, 0.15) is 29.5 Å². The molecule has 2 aromatic rings. The third-order valence-corrected chi connectivity index (χ3v) is 4.43. The monoisotopic (exact) mass is 369 g/mol. The zero-order valence-electron chi connectivity index (χ0n) is 13.2. The van der Waals surface area contributed by atoms with E-state index in [9.17, 15) is 18.0 Å². The Kier molecular flexibility index (Phi) is 4.94. The van der Waals surface area contributed by atoms with Crippen LogP contribution in [-0.2, 0) is 17.4 Å². The summed E-state index contributed by atoms with van der Waals surface area (Å²) < 4.78 is 38.3. The zero-order chi connectivity index (χ0) is 18.0. The fourth-order valence-corrected chi connectivity index (χ4v) is 3.10. The number of anilines is 1. The third kappa shape index (κ3) is 4.10. The largest absolute Gasteiger partial charge is 0.416 e. The Morgan fingerprint density at radius 2 is 2.04 bits per heavy atom. The lowest BCUT2D eigenvalue weighted by molar-refractivity contribution is -0.137. The second kappa shape index (κ2) is 7.00. The predicted molar refractivity (Wildman–Crippen MR) is 87.7 cm³/mol. The van der Waals surface area contributed by atoms with Gasteiger partial charge in [-0.15, -0.1) is 0 Å². The van der Waals surface area contributed by atoms with Crippen molar-refractivity contribution in [3.8, 4) is 0 Å². The second-order valence-corrected chi connectivity index (χ2v) is 6.32. The number of nitrogens with zero attached hydrogens (tertiary/aromatic N) is 3. The van der Waals surface area contributed by atoms with Gasteiger partial charge in [0.15, 0.2) is 5.78 Å². The molecule has 1 aliphatic rings. The van der Waals surface area contributed by atoms with Gasteiger partial charge in [-0.2, -0.15) is 13.2 Å². The maximum Gasteiger partial charge on any atom is 0.416 e. The molecule has 0 saturated carbocycles. The van der Waals surface area contributed by atoms with E-state index in [0.717, 1.165) is 24.1 Å². The van der Waals surface area contributed by atoms with E-state index in [2.05, 4.69) is 9.97 Å². The Morgan fingerprint density at radius 3 is 2.72 bits per heavy atom. The van der Waals surface area contributed by atoms with Crippen LogP contribution in [0.15, 0.2) is 30.7 Å². The van der Waals surface area contributed by atoms with Crippen LogP contribution in [-0.4, -0.2) is 28.8 Å². The van der Waals surface area contributed by atoms with Gasteiger partial charge in [-0.1, -0.05) is 17.7 Å². The number of carbonyl (C=O) groups excluding carboxylic acids is 1. The molecule has 132 valence electrons. The highest BCUT2D eigenvalue weighted by molar-refractivity contribution is 6.31. The van der Waals surface area contributed by atoms with Crippen LogP contribution in [0.25, 0.3) is 0 Å². The molecule has 0 atom stereocenters. The van der Waals surface area contributed by atoms with E-state index in [0.29, 0.717) is 24.3 Å². The van der Waals surface area contributed by atoms with Gasteiger partial charge < -0.3 is 4.90 Å². The van der Waals surface area contributed by atoms with Crippen LogP contribution in [0.5, 0.6) is 0 Å². The number of piperidine rings is 1. The molecule has 0 bridgehead atoms. The van der Waals surface area contributed by atoms with E-state index in [4.69, 9.17) is 11.6 Å². The first-order valence-electron chi connectivity index (χ1n) is 7.76. The summed E-state index contributed by atoms with van der Waals surface area (Å²) in [6, 6.07) is 3.29. The highest BCUT2D eigenvalue weighted by Gasteiger charge is 2.31. The average molecular weight is 370 g/mol. The van der Waals surface area contributed by atoms with Crippen molar-refractivity contribution in [1.82, 2.24) is 9.97 Å². The molecule has 1 aliphatic heterocycles. The minimum Gasteiger partial charge on any atom is -0.349 e. The van der Waals surface area contributed by atoms with E-state index < -0.39 is 11.7 Å². The number of hydrogen-bond acceptors (Lipinski definition) is 4. The molecule has 1 aromatic heterocycles. The Bertz CT molecular complexity index is 795. The van der Waals surface area contributed by atoms with E-state index in [1.165, 1.54) is 12.4 Å². The summed E-state index contributed by atoms with van der Waals surface area (Å²) in [5.74, 6) is 0.766. The van der Waals surface area contributed by atoms with E-state index >= 15 is 0 Å². The minimum atomic E-state index is -4.43. The molecule has 0 N–H and O–H groups in total. The molecule has 0 amide bonds. The van der Waals surface area contributed by atoms with Crippen LogP contribution in [0.4, 0.5) is 19.0 Å². The maximum atomic E-state index is 12.8. The molecule has 3 rings (SSSR count). The highest BCUT2D eigenvalue weighted by atomic mass is 35.5. The van der Waals surface area contributed by atoms with Crippen LogP contribution in [0.3, 0.4) is 0 Å². The fourth-order valence-electron chi connectivity index (χ4n) is 2.85. The maximum absolute atomic E-state index is 12.8. The SMILES string of the molecule is O=C1CCCN(c2ncncc2Cc2ccc(C(F)(F)F)cc2Cl)C1. The molecule has 0 spiro atoms. The number of alkyl halides is 3. The molecule has 0 unspecified atom stereocenters. The highest BCUT2D eigenvalue weighted by Crippen LogP contribution is 2.33. The van der Waals surface area contributed by atoms with Crippen molar-refractivity contribution >= 4 is 23.2 Å². The van der Waals surface area contributed by atoms with Gasteiger partial charge in [0.1, 0.15) is 12.1 Å². The van der Waals surface area contributed by atoms with Gasteiger partial charge in [-0.3, -0.25) is 4.79 Å². The lowest BCUT2D eigenvalue weighted by Crippen LogP contribution is -2.36. The standard InChI is InChI=1S/C17H15ClF3N3O/c18-15-7-13(17(19,20)21)4-3-11(15)6-12-8-22-10-23-16(12)24-5-1-2-14(25)9-24/h3-4,7-8,10H,1-2,5-6,9H2. The van der Waals surface area contributed by atoms with E-state index in [1.807, 2.05) is 4.90 Å². The molecule has 8 heteroatoms. The normalized spacial score (nSPS) is 15.5. The number of benzene rings is 1. The van der Waals surface area contributed by atoms with Gasteiger partial charge in [-0.05, 0) is 24.1 Å². The molecule has 1 aromatic carbocycles. The van der Waals surface area contributed by atoms with Gasteiger partial charge in [0.25, 0.3) is 0 Å². The summed E-state index contributed by atoms with van der Waals surface area (Å²) in [5.41, 5.74) is 0.486. The molecule has 2 heterocycles. The molecule has 1 saturated heterocycles.